The molecule has 188 valence electrons. The van der Waals surface area contributed by atoms with Crippen molar-refractivity contribution in [3.8, 4) is 0 Å². The van der Waals surface area contributed by atoms with Gasteiger partial charge in [-0.3, -0.25) is 19.3 Å². The van der Waals surface area contributed by atoms with Gasteiger partial charge in [-0.15, -0.1) is 0 Å². The summed E-state index contributed by atoms with van der Waals surface area (Å²) in [4.78, 5) is 21.7. The third kappa shape index (κ3) is 3.69. The Kier molecular flexibility index (Phi) is 5.06. The molecule has 1 fully saturated rings. The highest BCUT2D eigenvalue weighted by Crippen LogP contribution is 2.41. The van der Waals surface area contributed by atoms with Crippen molar-refractivity contribution in [3.05, 3.63) is 59.2 Å². The van der Waals surface area contributed by atoms with Gasteiger partial charge in [0.25, 0.3) is 5.91 Å². The van der Waals surface area contributed by atoms with E-state index in [0.29, 0.717) is 42.5 Å². The van der Waals surface area contributed by atoms with Crippen LogP contribution in [0.25, 0.3) is 0 Å². The maximum Gasteiger partial charge on any atom is 0.263 e. The molecule has 0 spiro atoms. The lowest BCUT2D eigenvalue weighted by Gasteiger charge is -2.38. The maximum absolute atomic E-state index is 13.7. The van der Waals surface area contributed by atoms with E-state index in [-0.39, 0.29) is 29.0 Å². The van der Waals surface area contributed by atoms with Crippen LogP contribution in [-0.2, 0) is 23.6 Å². The molecule has 4 heterocycles. The third-order valence-corrected chi connectivity index (χ3v) is 8.30. The minimum Gasteiger partial charge on any atom is -0.359 e. The number of fused-ring (bicyclic) bond motifs is 3. The van der Waals surface area contributed by atoms with Gasteiger partial charge in [0.15, 0.2) is 5.76 Å². The number of carbonyl (C=O) groups excluding carboxylic acids is 1. The van der Waals surface area contributed by atoms with Crippen molar-refractivity contribution in [2.45, 2.75) is 42.8 Å². The van der Waals surface area contributed by atoms with Crippen LogP contribution >= 0.6 is 0 Å². The maximum atomic E-state index is 13.7. The molecule has 1 aliphatic carbocycles. The zero-order valence-corrected chi connectivity index (χ0v) is 20.5. The van der Waals surface area contributed by atoms with Crippen LogP contribution < -0.4 is 9.62 Å². The average molecular weight is 514 g/mol. The monoisotopic (exact) mass is 513 g/mol. The number of nitrogens with one attached hydrogen (secondary N) is 1. The third-order valence-electron chi connectivity index (χ3n) is 6.72. The Morgan fingerprint density at radius 1 is 1.28 bits per heavy atom. The van der Waals surface area contributed by atoms with Crippen LogP contribution in [0.2, 0.25) is 0 Å². The number of hydrogen-bond acceptors (Lipinski definition) is 8. The molecule has 3 aliphatic rings. The van der Waals surface area contributed by atoms with Crippen molar-refractivity contribution in [1.82, 2.24) is 24.6 Å². The number of nitrogens with zero attached hydrogens (tertiary/aromatic N) is 6. The van der Waals surface area contributed by atoms with Crippen molar-refractivity contribution in [2.24, 2.45) is 12.0 Å². The molecule has 1 saturated carbocycles. The summed E-state index contributed by atoms with van der Waals surface area (Å²) in [6.07, 6.45) is 4.35. The molecular formula is C23H24FN7O4S. The number of carbonyl (C=O) groups is 1. The second kappa shape index (κ2) is 7.96. The van der Waals surface area contributed by atoms with Crippen LogP contribution in [0, 0.1) is 6.92 Å². The Labute approximate surface area is 206 Å². The minimum absolute atomic E-state index is 0.0951. The van der Waals surface area contributed by atoms with Gasteiger partial charge in [-0.2, -0.15) is 5.10 Å². The highest BCUT2D eigenvalue weighted by molar-refractivity contribution is 7.89. The van der Waals surface area contributed by atoms with Crippen LogP contribution in [0.1, 0.15) is 46.3 Å². The number of benzene rings is 1. The van der Waals surface area contributed by atoms with Gasteiger partial charge in [0, 0.05) is 24.9 Å². The number of aliphatic imine (C=N–C) groups is 1. The molecule has 11 nitrogen and oxygen atoms in total. The molecule has 0 radical (unpaired) electrons. The molecule has 3 aromatic rings. The minimum atomic E-state index is -4.03. The van der Waals surface area contributed by atoms with Gasteiger partial charge in [0.05, 0.1) is 46.7 Å². The second-order valence-electron chi connectivity index (χ2n) is 9.51. The average Bonchev–Trinajstić information content (AvgIpc) is 3.17. The molecule has 0 saturated heterocycles. The Morgan fingerprint density at radius 3 is 2.72 bits per heavy atom. The fourth-order valence-corrected chi connectivity index (χ4v) is 6.12. The molecule has 2 aromatic heterocycles. The predicted molar refractivity (Wildman–Crippen MR) is 127 cm³/mol. The number of alkyl halides is 1. The number of halogens is 1. The summed E-state index contributed by atoms with van der Waals surface area (Å²) < 4.78 is 49.1. The van der Waals surface area contributed by atoms with E-state index in [1.807, 2.05) is 17.9 Å². The molecular weight excluding hydrogens is 489 g/mol. The summed E-state index contributed by atoms with van der Waals surface area (Å²) in [5.74, 6) is 0.644. The number of aryl methyl sites for hydroxylation is 2. The summed E-state index contributed by atoms with van der Waals surface area (Å²) in [5.41, 5.74) is 1.18. The van der Waals surface area contributed by atoms with E-state index >= 15 is 0 Å². The van der Waals surface area contributed by atoms with Crippen LogP contribution in [-0.4, -0.2) is 58.9 Å². The standard InChI is InChI=1S/C23H24FN7O4S/c1-14-7-20(35-27-14)19-10-25-22-30(12-15-9-26-29(2)11-15)21(32)17-8-16(3-4-18(17)31(19)22)36(33,34)28-23(13-24)5-6-23/h3-4,7-9,11,19,28H,5-6,10,12-13H2,1-2H3/t19-/m0/s1. The first kappa shape index (κ1) is 22.9. The van der Waals surface area contributed by atoms with Crippen molar-refractivity contribution >= 4 is 27.6 Å². The molecule has 1 N–H and O–H groups in total. The second-order valence-corrected chi connectivity index (χ2v) is 11.2. The normalized spacial score (nSPS) is 20.4. The Morgan fingerprint density at radius 2 is 2.08 bits per heavy atom. The van der Waals surface area contributed by atoms with Crippen molar-refractivity contribution < 1.29 is 22.1 Å². The zero-order chi connectivity index (χ0) is 25.2. The number of sulfonamides is 1. The smallest absolute Gasteiger partial charge is 0.263 e. The summed E-state index contributed by atoms with van der Waals surface area (Å²) in [6, 6.07) is 5.83. The largest absolute Gasteiger partial charge is 0.359 e. The van der Waals surface area contributed by atoms with Crippen molar-refractivity contribution in [2.75, 3.05) is 18.1 Å². The van der Waals surface area contributed by atoms with E-state index < -0.39 is 22.2 Å². The first-order valence-corrected chi connectivity index (χ1v) is 13.0. The van der Waals surface area contributed by atoms with Gasteiger partial charge in [-0.05, 0) is 38.0 Å². The molecule has 0 bridgehead atoms. The summed E-state index contributed by atoms with van der Waals surface area (Å²) in [7, 11) is -2.25. The van der Waals surface area contributed by atoms with Crippen LogP contribution in [0.3, 0.4) is 0 Å². The molecule has 13 heteroatoms. The first-order valence-electron chi connectivity index (χ1n) is 11.5. The molecule has 36 heavy (non-hydrogen) atoms. The lowest BCUT2D eigenvalue weighted by Crippen LogP contribution is -2.50. The number of aromatic nitrogens is 3. The molecule has 6 rings (SSSR count). The molecule has 1 amide bonds. The Hall–Kier alpha value is -3.58. The van der Waals surface area contributed by atoms with Crippen molar-refractivity contribution in [3.63, 3.8) is 0 Å². The van der Waals surface area contributed by atoms with Crippen LogP contribution in [0.5, 0.6) is 0 Å². The molecule has 0 unspecified atom stereocenters. The number of guanidine groups is 1. The van der Waals surface area contributed by atoms with E-state index in [0.717, 1.165) is 5.56 Å². The highest BCUT2D eigenvalue weighted by atomic mass is 32.2. The number of rotatable bonds is 7. The Balaban J connectivity index is 1.43. The van der Waals surface area contributed by atoms with Gasteiger partial charge >= 0.3 is 0 Å². The van der Waals surface area contributed by atoms with E-state index in [1.54, 1.807) is 30.2 Å². The van der Waals surface area contributed by atoms with E-state index in [2.05, 4.69) is 20.0 Å². The van der Waals surface area contributed by atoms with Gasteiger partial charge in [0.1, 0.15) is 12.7 Å². The zero-order valence-electron chi connectivity index (χ0n) is 19.7. The summed E-state index contributed by atoms with van der Waals surface area (Å²) in [5, 5.41) is 8.17. The SMILES string of the molecule is Cc1cc([C@@H]2CN=C3N(Cc4cnn(C)c4)C(=O)c4cc(S(=O)(=O)NC5(CF)CC5)ccc4N32)on1. The van der Waals surface area contributed by atoms with E-state index in [1.165, 1.54) is 17.0 Å². The van der Waals surface area contributed by atoms with Crippen LogP contribution in [0.15, 0.2) is 51.1 Å². The summed E-state index contributed by atoms with van der Waals surface area (Å²) >= 11 is 0. The van der Waals surface area contributed by atoms with E-state index in [9.17, 15) is 17.6 Å². The number of anilines is 1. The fourth-order valence-electron chi connectivity index (χ4n) is 4.65. The lowest BCUT2D eigenvalue weighted by atomic mass is 10.0. The van der Waals surface area contributed by atoms with Gasteiger partial charge in [-0.25, -0.2) is 22.5 Å². The first-order chi connectivity index (χ1) is 17.2. The predicted octanol–water partition coefficient (Wildman–Crippen LogP) is 2.07. The molecule has 2 aliphatic heterocycles. The van der Waals surface area contributed by atoms with Crippen molar-refractivity contribution in [1.29, 1.82) is 0 Å². The number of amides is 1. The van der Waals surface area contributed by atoms with E-state index in [4.69, 9.17) is 4.52 Å². The number of hydrogen-bond donors (Lipinski definition) is 1. The molecule has 1 aromatic carbocycles. The van der Waals surface area contributed by atoms with Gasteiger partial charge in [-0.1, -0.05) is 5.16 Å². The molecule has 1 atom stereocenters. The lowest BCUT2D eigenvalue weighted by molar-refractivity contribution is 0.0832. The van der Waals surface area contributed by atoms with Gasteiger partial charge in [0.2, 0.25) is 16.0 Å². The quantitative estimate of drug-likeness (QED) is 0.513. The Bertz CT molecular complexity index is 1510. The summed E-state index contributed by atoms with van der Waals surface area (Å²) in [6.45, 7) is 1.58. The fraction of sp³-hybridized carbons (Fsp3) is 0.391. The topological polar surface area (TPSA) is 126 Å². The van der Waals surface area contributed by atoms with Crippen LogP contribution in [0.4, 0.5) is 10.1 Å². The highest BCUT2D eigenvalue weighted by Gasteiger charge is 2.47. The van der Waals surface area contributed by atoms with Gasteiger partial charge < -0.3 is 4.52 Å².